The highest BCUT2D eigenvalue weighted by atomic mass is 16.2. The molecular formula is C16H29N3O. The van der Waals surface area contributed by atoms with Crippen LogP contribution >= 0.6 is 0 Å². The Balaban J connectivity index is 1.50. The number of carbonyl (C=O) groups excluding carboxylic acids is 1. The Morgan fingerprint density at radius 3 is 2.30 bits per heavy atom. The number of amides is 1. The summed E-state index contributed by atoms with van der Waals surface area (Å²) in [6.45, 7) is 6.56. The van der Waals surface area contributed by atoms with Gasteiger partial charge in [0.25, 0.3) is 0 Å². The average molecular weight is 279 g/mol. The molecule has 0 radical (unpaired) electrons. The van der Waals surface area contributed by atoms with Gasteiger partial charge in [0, 0.05) is 19.0 Å². The summed E-state index contributed by atoms with van der Waals surface area (Å²) in [6, 6.07) is 0. The van der Waals surface area contributed by atoms with Crippen molar-refractivity contribution in [2.24, 2.45) is 17.8 Å². The van der Waals surface area contributed by atoms with Crippen molar-refractivity contribution in [1.82, 2.24) is 15.1 Å². The lowest BCUT2D eigenvalue weighted by atomic mass is 9.84. The lowest BCUT2D eigenvalue weighted by Crippen LogP contribution is -2.40. The Hall–Kier alpha value is -0.610. The lowest BCUT2D eigenvalue weighted by Gasteiger charge is -2.33. The first-order chi connectivity index (χ1) is 9.74. The van der Waals surface area contributed by atoms with Gasteiger partial charge in [-0.15, -0.1) is 0 Å². The fraction of sp³-hybridized carbons (Fsp3) is 0.938. The van der Waals surface area contributed by atoms with E-state index in [0.29, 0.717) is 11.8 Å². The Kier molecular flexibility index (Phi) is 4.61. The van der Waals surface area contributed by atoms with Crippen molar-refractivity contribution in [2.75, 3.05) is 46.3 Å². The molecule has 1 unspecified atom stereocenters. The molecule has 0 aromatic rings. The van der Waals surface area contributed by atoms with Gasteiger partial charge in [0.1, 0.15) is 0 Å². The molecule has 3 saturated heterocycles. The number of carbonyl (C=O) groups is 1. The van der Waals surface area contributed by atoms with E-state index in [1.165, 1.54) is 32.4 Å². The Morgan fingerprint density at radius 2 is 1.60 bits per heavy atom. The van der Waals surface area contributed by atoms with E-state index in [4.69, 9.17) is 0 Å². The van der Waals surface area contributed by atoms with E-state index < -0.39 is 0 Å². The molecule has 20 heavy (non-hydrogen) atoms. The van der Waals surface area contributed by atoms with E-state index in [0.717, 1.165) is 50.9 Å². The molecule has 4 nitrogen and oxygen atoms in total. The van der Waals surface area contributed by atoms with Crippen LogP contribution < -0.4 is 5.32 Å². The van der Waals surface area contributed by atoms with Crippen LogP contribution in [-0.4, -0.2) is 62.0 Å². The van der Waals surface area contributed by atoms with Crippen LogP contribution in [0.5, 0.6) is 0 Å². The van der Waals surface area contributed by atoms with Crippen LogP contribution in [-0.2, 0) is 4.79 Å². The number of nitrogens with zero attached hydrogens (tertiary/aromatic N) is 2. The molecule has 3 aliphatic rings. The van der Waals surface area contributed by atoms with Gasteiger partial charge >= 0.3 is 0 Å². The average Bonchev–Trinajstić information content (AvgIpc) is 2.98. The quantitative estimate of drug-likeness (QED) is 0.824. The Bertz CT molecular complexity index is 333. The minimum atomic E-state index is 0.299. The van der Waals surface area contributed by atoms with Crippen molar-refractivity contribution < 1.29 is 4.79 Å². The molecule has 0 aromatic carbocycles. The van der Waals surface area contributed by atoms with Crippen molar-refractivity contribution in [3.05, 3.63) is 0 Å². The zero-order chi connectivity index (χ0) is 13.9. The van der Waals surface area contributed by atoms with E-state index >= 15 is 0 Å². The second-order valence-corrected chi connectivity index (χ2v) is 7.00. The molecule has 1 N–H and O–H groups in total. The molecule has 114 valence electrons. The summed E-state index contributed by atoms with van der Waals surface area (Å²) < 4.78 is 0. The van der Waals surface area contributed by atoms with Gasteiger partial charge in [-0.25, -0.2) is 0 Å². The van der Waals surface area contributed by atoms with Crippen LogP contribution in [0.1, 0.15) is 32.1 Å². The summed E-state index contributed by atoms with van der Waals surface area (Å²) in [6.07, 6.45) is 5.97. The van der Waals surface area contributed by atoms with Crippen molar-refractivity contribution in [2.45, 2.75) is 32.1 Å². The van der Waals surface area contributed by atoms with Crippen LogP contribution in [0, 0.1) is 17.8 Å². The van der Waals surface area contributed by atoms with Crippen molar-refractivity contribution in [1.29, 1.82) is 0 Å². The molecule has 3 aliphatic heterocycles. The van der Waals surface area contributed by atoms with Gasteiger partial charge in [-0.05, 0) is 77.2 Å². The van der Waals surface area contributed by atoms with Gasteiger partial charge in [0.05, 0.1) is 0 Å². The smallest absolute Gasteiger partial charge is 0.225 e. The van der Waals surface area contributed by atoms with Gasteiger partial charge in [-0.3, -0.25) is 4.79 Å². The first kappa shape index (κ1) is 14.3. The maximum atomic E-state index is 12.6. The molecule has 3 fully saturated rings. The monoisotopic (exact) mass is 279 g/mol. The van der Waals surface area contributed by atoms with Gasteiger partial charge in [-0.1, -0.05) is 0 Å². The molecule has 0 aliphatic carbocycles. The summed E-state index contributed by atoms with van der Waals surface area (Å²) >= 11 is 0. The van der Waals surface area contributed by atoms with E-state index in [1.54, 1.807) is 0 Å². The van der Waals surface area contributed by atoms with Crippen LogP contribution in [0.4, 0.5) is 0 Å². The third kappa shape index (κ3) is 3.17. The number of hydrogen-bond donors (Lipinski definition) is 1. The zero-order valence-electron chi connectivity index (χ0n) is 12.8. The SMILES string of the molecule is CN1CCC(C2CCN(C(=O)C3CCNCC3)C2)CC1. The van der Waals surface area contributed by atoms with E-state index in [-0.39, 0.29) is 0 Å². The third-order valence-corrected chi connectivity index (χ3v) is 5.65. The molecule has 0 spiro atoms. The Morgan fingerprint density at radius 1 is 0.950 bits per heavy atom. The molecular weight excluding hydrogens is 250 g/mol. The highest BCUT2D eigenvalue weighted by Gasteiger charge is 2.35. The molecule has 1 amide bonds. The summed E-state index contributed by atoms with van der Waals surface area (Å²) in [5, 5.41) is 3.35. The molecule has 0 aromatic heterocycles. The Labute approximate surface area is 122 Å². The minimum Gasteiger partial charge on any atom is -0.342 e. The van der Waals surface area contributed by atoms with Crippen molar-refractivity contribution >= 4 is 5.91 Å². The largest absolute Gasteiger partial charge is 0.342 e. The lowest BCUT2D eigenvalue weighted by molar-refractivity contribution is -0.135. The third-order valence-electron chi connectivity index (χ3n) is 5.65. The molecule has 1 atom stereocenters. The van der Waals surface area contributed by atoms with Crippen molar-refractivity contribution in [3.8, 4) is 0 Å². The molecule has 4 heteroatoms. The maximum absolute atomic E-state index is 12.6. The second-order valence-electron chi connectivity index (χ2n) is 7.00. The summed E-state index contributed by atoms with van der Waals surface area (Å²) in [5.74, 6) is 2.38. The fourth-order valence-corrected chi connectivity index (χ4v) is 4.20. The fourth-order valence-electron chi connectivity index (χ4n) is 4.20. The van der Waals surface area contributed by atoms with Crippen LogP contribution in [0.2, 0.25) is 0 Å². The maximum Gasteiger partial charge on any atom is 0.225 e. The highest BCUT2D eigenvalue weighted by Crippen LogP contribution is 2.32. The van der Waals surface area contributed by atoms with E-state index in [1.807, 2.05) is 0 Å². The molecule has 3 rings (SSSR count). The second kappa shape index (κ2) is 6.44. The van der Waals surface area contributed by atoms with Gasteiger partial charge < -0.3 is 15.1 Å². The number of piperidine rings is 2. The number of rotatable bonds is 2. The van der Waals surface area contributed by atoms with Crippen LogP contribution in [0.3, 0.4) is 0 Å². The van der Waals surface area contributed by atoms with Gasteiger partial charge in [0.2, 0.25) is 5.91 Å². The number of hydrogen-bond acceptors (Lipinski definition) is 3. The van der Waals surface area contributed by atoms with Gasteiger partial charge in [0.15, 0.2) is 0 Å². The predicted molar refractivity (Wildman–Crippen MR) is 80.5 cm³/mol. The normalized spacial score (nSPS) is 30.9. The van der Waals surface area contributed by atoms with Crippen molar-refractivity contribution in [3.63, 3.8) is 0 Å². The number of likely N-dealkylation sites (tertiary alicyclic amines) is 2. The molecule has 0 bridgehead atoms. The molecule has 0 saturated carbocycles. The standard InChI is InChI=1S/C16H29N3O/c1-18-9-4-13(5-10-18)15-6-11-19(12-15)16(20)14-2-7-17-8-3-14/h13-15,17H,2-12H2,1H3. The van der Waals surface area contributed by atoms with Gasteiger partial charge in [-0.2, -0.15) is 0 Å². The first-order valence-corrected chi connectivity index (χ1v) is 8.42. The summed E-state index contributed by atoms with van der Waals surface area (Å²) in [5.41, 5.74) is 0. The minimum absolute atomic E-state index is 0.299. The van der Waals surface area contributed by atoms with E-state index in [2.05, 4.69) is 22.2 Å². The van der Waals surface area contributed by atoms with E-state index in [9.17, 15) is 4.79 Å². The number of nitrogens with one attached hydrogen (secondary N) is 1. The zero-order valence-corrected chi connectivity index (χ0v) is 12.8. The predicted octanol–water partition coefficient (Wildman–Crippen LogP) is 1.18. The van der Waals surface area contributed by atoms with Crippen LogP contribution in [0.15, 0.2) is 0 Å². The highest BCUT2D eigenvalue weighted by molar-refractivity contribution is 5.79. The molecule has 3 heterocycles. The first-order valence-electron chi connectivity index (χ1n) is 8.42. The summed E-state index contributed by atoms with van der Waals surface area (Å²) in [7, 11) is 2.22. The van der Waals surface area contributed by atoms with Crippen LogP contribution in [0.25, 0.3) is 0 Å². The summed E-state index contributed by atoms with van der Waals surface area (Å²) in [4.78, 5) is 17.2. The topological polar surface area (TPSA) is 35.6 Å².